The van der Waals surface area contributed by atoms with Gasteiger partial charge in [0, 0.05) is 12.1 Å². The molecule has 1 aliphatic carbocycles. The Hall–Kier alpha value is -1.23. The maximum atomic E-state index is 11.8. The maximum Gasteiger partial charge on any atom is 0.330 e. The number of halogens is 1. The van der Waals surface area contributed by atoms with Crippen molar-refractivity contribution in [1.29, 1.82) is 0 Å². The van der Waals surface area contributed by atoms with Gasteiger partial charge in [-0.2, -0.15) is 0 Å². The molecule has 108 valence electrons. The Labute approximate surface area is 118 Å². The van der Waals surface area contributed by atoms with Crippen LogP contribution in [0.4, 0.5) is 4.79 Å². The normalized spacial score (nSPS) is 31.1. The zero-order valence-corrected chi connectivity index (χ0v) is 12.0. The van der Waals surface area contributed by atoms with Gasteiger partial charge in [-0.05, 0) is 24.7 Å². The summed E-state index contributed by atoms with van der Waals surface area (Å²) in [5, 5.41) is 14.8. The first kappa shape index (κ1) is 15.8. The van der Waals surface area contributed by atoms with Crippen LogP contribution >= 0.6 is 11.6 Å². The fraction of sp³-hybridized carbons (Fsp3) is 0.692. The third-order valence-electron chi connectivity index (χ3n) is 3.97. The number of rotatable bonds is 4. The van der Waals surface area contributed by atoms with E-state index in [-0.39, 0.29) is 18.4 Å². The van der Waals surface area contributed by atoms with Crippen LogP contribution in [0.5, 0.6) is 0 Å². The molecule has 1 aliphatic rings. The molecule has 0 saturated heterocycles. The van der Waals surface area contributed by atoms with Crippen molar-refractivity contribution in [3.63, 3.8) is 0 Å². The van der Waals surface area contributed by atoms with Crippen molar-refractivity contribution in [3.8, 4) is 0 Å². The number of hydrogen-bond donors (Lipinski definition) is 3. The van der Waals surface area contributed by atoms with Gasteiger partial charge in [0.2, 0.25) is 0 Å². The zero-order valence-electron chi connectivity index (χ0n) is 11.3. The van der Waals surface area contributed by atoms with Crippen LogP contribution in [-0.4, -0.2) is 29.2 Å². The Morgan fingerprint density at radius 1 is 1.37 bits per heavy atom. The van der Waals surface area contributed by atoms with E-state index in [1.807, 2.05) is 13.8 Å². The second kappa shape index (κ2) is 6.80. The number of hydrogen-bond acceptors (Lipinski definition) is 2. The Bertz CT molecular complexity index is 361. The van der Waals surface area contributed by atoms with E-state index in [1.165, 1.54) is 5.54 Å². The summed E-state index contributed by atoms with van der Waals surface area (Å²) < 4.78 is 0. The first-order chi connectivity index (χ1) is 8.95. The molecule has 0 aromatic carbocycles. The molecule has 0 bridgehead atoms. The molecule has 2 unspecified atom stereocenters. The molecule has 1 fully saturated rings. The molecule has 0 spiro atoms. The van der Waals surface area contributed by atoms with Crippen LogP contribution in [0.15, 0.2) is 11.6 Å². The summed E-state index contributed by atoms with van der Waals surface area (Å²) in [6.45, 7) is 4.03. The number of nitrogens with one attached hydrogen (secondary N) is 2. The number of carboxylic acids is 1. The van der Waals surface area contributed by atoms with Crippen LogP contribution in [0.25, 0.3) is 0 Å². The summed E-state index contributed by atoms with van der Waals surface area (Å²) in [5.41, 5.74) is 0.117. The summed E-state index contributed by atoms with van der Waals surface area (Å²) in [7, 11) is 0. The summed E-state index contributed by atoms with van der Waals surface area (Å²) in [6.07, 6.45) is 4.18. The van der Waals surface area contributed by atoms with Gasteiger partial charge in [0.1, 0.15) is 5.54 Å². The number of aliphatic carboxylic acids is 1. The van der Waals surface area contributed by atoms with Crippen LogP contribution in [0.2, 0.25) is 0 Å². The van der Waals surface area contributed by atoms with Crippen molar-refractivity contribution in [3.05, 3.63) is 11.6 Å². The topological polar surface area (TPSA) is 78.4 Å². The Kier molecular flexibility index (Phi) is 5.66. The van der Waals surface area contributed by atoms with Gasteiger partial charge in [-0.15, -0.1) is 0 Å². The molecule has 19 heavy (non-hydrogen) atoms. The third-order valence-corrected chi connectivity index (χ3v) is 4.15. The van der Waals surface area contributed by atoms with Gasteiger partial charge >= 0.3 is 12.0 Å². The Balaban J connectivity index is 2.81. The minimum atomic E-state index is -1.19. The van der Waals surface area contributed by atoms with Crippen molar-refractivity contribution in [2.75, 3.05) is 6.54 Å². The molecule has 2 atom stereocenters. The lowest BCUT2D eigenvalue weighted by Crippen LogP contribution is -2.65. The SMILES string of the molecule is CC1CCCC(C)C1(NC(=O)NC/C=C/Cl)C(=O)O. The van der Waals surface area contributed by atoms with Crippen LogP contribution in [-0.2, 0) is 4.79 Å². The molecule has 6 heteroatoms. The molecule has 3 N–H and O–H groups in total. The number of carbonyl (C=O) groups is 2. The van der Waals surface area contributed by atoms with Gasteiger partial charge in [-0.3, -0.25) is 0 Å². The summed E-state index contributed by atoms with van der Waals surface area (Å²) in [4.78, 5) is 23.5. The molecule has 0 aromatic rings. The van der Waals surface area contributed by atoms with Crippen molar-refractivity contribution >= 4 is 23.6 Å². The summed E-state index contributed by atoms with van der Waals surface area (Å²) in [6, 6.07) is -0.474. The van der Waals surface area contributed by atoms with Gasteiger partial charge < -0.3 is 15.7 Å². The lowest BCUT2D eigenvalue weighted by Gasteiger charge is -2.44. The molecule has 2 amide bonds. The molecule has 0 heterocycles. The summed E-state index contributed by atoms with van der Waals surface area (Å²) in [5.74, 6) is -1.15. The highest BCUT2D eigenvalue weighted by atomic mass is 35.5. The minimum absolute atomic E-state index is 0.0944. The predicted molar refractivity (Wildman–Crippen MR) is 74.1 cm³/mol. The lowest BCUT2D eigenvalue weighted by molar-refractivity contribution is -0.151. The fourth-order valence-corrected chi connectivity index (χ4v) is 2.91. The smallest absolute Gasteiger partial charge is 0.330 e. The van der Waals surface area contributed by atoms with Crippen LogP contribution < -0.4 is 10.6 Å². The molecule has 1 saturated carbocycles. The van der Waals surface area contributed by atoms with Gasteiger partial charge in [0.15, 0.2) is 0 Å². The Morgan fingerprint density at radius 3 is 2.42 bits per heavy atom. The van der Waals surface area contributed by atoms with Crippen LogP contribution in [0, 0.1) is 11.8 Å². The van der Waals surface area contributed by atoms with E-state index in [1.54, 1.807) is 6.08 Å². The fourth-order valence-electron chi connectivity index (χ4n) is 2.82. The monoisotopic (exact) mass is 288 g/mol. The average molecular weight is 289 g/mol. The molecule has 0 radical (unpaired) electrons. The van der Waals surface area contributed by atoms with E-state index in [0.29, 0.717) is 0 Å². The Morgan fingerprint density at radius 2 is 1.95 bits per heavy atom. The predicted octanol–water partition coefficient (Wildman–Crippen LogP) is 2.32. The second-order valence-corrected chi connectivity index (χ2v) is 5.36. The van der Waals surface area contributed by atoms with E-state index in [0.717, 1.165) is 19.3 Å². The minimum Gasteiger partial charge on any atom is -0.479 e. The highest BCUT2D eigenvalue weighted by Crippen LogP contribution is 2.38. The molecule has 0 aliphatic heterocycles. The molecule has 5 nitrogen and oxygen atoms in total. The number of urea groups is 1. The number of carbonyl (C=O) groups excluding carboxylic acids is 1. The molecular formula is C13H21ClN2O3. The van der Waals surface area contributed by atoms with Gasteiger partial charge in [-0.25, -0.2) is 9.59 Å². The summed E-state index contributed by atoms with van der Waals surface area (Å²) >= 11 is 5.35. The van der Waals surface area contributed by atoms with E-state index < -0.39 is 17.5 Å². The second-order valence-electron chi connectivity index (χ2n) is 5.10. The molecule has 0 aromatic heterocycles. The average Bonchev–Trinajstić information content (AvgIpc) is 2.34. The van der Waals surface area contributed by atoms with E-state index in [4.69, 9.17) is 11.6 Å². The van der Waals surface area contributed by atoms with Gasteiger partial charge in [-0.1, -0.05) is 37.9 Å². The van der Waals surface area contributed by atoms with Gasteiger partial charge in [0.05, 0.1) is 0 Å². The van der Waals surface area contributed by atoms with E-state index in [2.05, 4.69) is 10.6 Å². The van der Waals surface area contributed by atoms with Crippen LogP contribution in [0.3, 0.4) is 0 Å². The van der Waals surface area contributed by atoms with Crippen molar-refractivity contribution in [2.45, 2.75) is 38.6 Å². The van der Waals surface area contributed by atoms with E-state index >= 15 is 0 Å². The lowest BCUT2D eigenvalue weighted by atomic mass is 9.67. The largest absolute Gasteiger partial charge is 0.479 e. The standard InChI is InChI=1S/C13H21ClN2O3/c1-9-5-3-6-10(2)13(9,11(17)18)16-12(19)15-8-4-7-14/h4,7,9-10H,3,5-6,8H2,1-2H3,(H,17,18)(H2,15,16,19)/b7-4+. The highest BCUT2D eigenvalue weighted by molar-refractivity contribution is 6.25. The van der Waals surface area contributed by atoms with Crippen molar-refractivity contribution in [1.82, 2.24) is 10.6 Å². The number of carboxylic acid groups (broad SMARTS) is 1. The van der Waals surface area contributed by atoms with Crippen LogP contribution in [0.1, 0.15) is 33.1 Å². The zero-order chi connectivity index (χ0) is 14.5. The van der Waals surface area contributed by atoms with Crippen molar-refractivity contribution in [2.24, 2.45) is 11.8 Å². The maximum absolute atomic E-state index is 11.8. The quantitative estimate of drug-likeness (QED) is 0.743. The highest BCUT2D eigenvalue weighted by Gasteiger charge is 2.51. The first-order valence-corrected chi connectivity index (χ1v) is 6.93. The van der Waals surface area contributed by atoms with E-state index in [9.17, 15) is 14.7 Å². The van der Waals surface area contributed by atoms with Crippen molar-refractivity contribution < 1.29 is 14.7 Å². The van der Waals surface area contributed by atoms with Gasteiger partial charge in [0.25, 0.3) is 0 Å². The third kappa shape index (κ3) is 3.41. The molecular weight excluding hydrogens is 268 g/mol. The number of amides is 2. The molecule has 1 rings (SSSR count). The first-order valence-electron chi connectivity index (χ1n) is 6.49.